The molecule has 0 saturated carbocycles. The molecule has 3 rings (SSSR count). The summed E-state index contributed by atoms with van der Waals surface area (Å²) in [6.45, 7) is 2.33. The van der Waals surface area contributed by atoms with E-state index in [4.69, 9.17) is 0 Å². The highest BCUT2D eigenvalue weighted by Gasteiger charge is 2.30. The van der Waals surface area contributed by atoms with Gasteiger partial charge >= 0.3 is 0 Å². The Morgan fingerprint density at radius 3 is 2.89 bits per heavy atom. The Bertz CT molecular complexity index is 690. The van der Waals surface area contributed by atoms with Crippen LogP contribution in [-0.4, -0.2) is 42.9 Å². The number of sulfone groups is 1. The molecule has 102 valence electrons. The molecule has 1 unspecified atom stereocenters. The Morgan fingerprint density at radius 1 is 1.37 bits per heavy atom. The number of likely N-dealkylation sites (tertiary alicyclic amines) is 1. The van der Waals surface area contributed by atoms with E-state index in [1.807, 2.05) is 18.3 Å². The molecule has 1 N–H and O–H groups in total. The van der Waals surface area contributed by atoms with Gasteiger partial charge in [0.15, 0.2) is 9.84 Å². The number of fused-ring (bicyclic) bond motifs is 1. The van der Waals surface area contributed by atoms with Crippen LogP contribution in [0.3, 0.4) is 0 Å². The van der Waals surface area contributed by atoms with E-state index in [1.54, 1.807) is 0 Å². The van der Waals surface area contributed by atoms with E-state index in [1.165, 1.54) is 17.2 Å². The number of benzene rings is 1. The molecule has 5 heteroatoms. The van der Waals surface area contributed by atoms with Gasteiger partial charge in [-0.2, -0.15) is 0 Å². The van der Waals surface area contributed by atoms with Gasteiger partial charge in [-0.1, -0.05) is 18.2 Å². The quantitative estimate of drug-likeness (QED) is 0.931. The van der Waals surface area contributed by atoms with E-state index >= 15 is 0 Å². The first-order chi connectivity index (χ1) is 9.04. The number of hydrogen-bond acceptors (Lipinski definition) is 3. The van der Waals surface area contributed by atoms with Crippen molar-refractivity contribution in [2.24, 2.45) is 0 Å². The third-order valence-electron chi connectivity index (χ3n) is 3.90. The van der Waals surface area contributed by atoms with Crippen LogP contribution in [0.5, 0.6) is 0 Å². The summed E-state index contributed by atoms with van der Waals surface area (Å²) < 4.78 is 23.1. The lowest BCUT2D eigenvalue weighted by Gasteiger charge is -2.14. The molecule has 1 saturated heterocycles. The van der Waals surface area contributed by atoms with Gasteiger partial charge in [-0.25, -0.2) is 8.42 Å². The van der Waals surface area contributed by atoms with Crippen molar-refractivity contribution in [3.05, 3.63) is 36.0 Å². The van der Waals surface area contributed by atoms with Crippen molar-refractivity contribution in [2.75, 3.05) is 19.3 Å². The van der Waals surface area contributed by atoms with Gasteiger partial charge in [0.1, 0.15) is 0 Å². The predicted molar refractivity (Wildman–Crippen MR) is 76.8 cm³/mol. The molecule has 2 aromatic rings. The summed E-state index contributed by atoms with van der Waals surface area (Å²) in [7, 11) is -2.91. The summed E-state index contributed by atoms with van der Waals surface area (Å²) in [6.07, 6.45) is 4.12. The number of hydrogen-bond donors (Lipinski definition) is 1. The van der Waals surface area contributed by atoms with Crippen LogP contribution in [0.4, 0.5) is 0 Å². The molecular formula is C14H18N2O2S. The van der Waals surface area contributed by atoms with Gasteiger partial charge in [-0.3, -0.25) is 4.90 Å². The molecule has 1 aromatic carbocycles. The highest BCUT2D eigenvalue weighted by Crippen LogP contribution is 2.23. The van der Waals surface area contributed by atoms with E-state index in [-0.39, 0.29) is 5.25 Å². The average molecular weight is 278 g/mol. The summed E-state index contributed by atoms with van der Waals surface area (Å²) in [4.78, 5) is 5.48. The molecule has 1 aliphatic heterocycles. The SMILES string of the molecule is CS(=O)(=O)C1CCN(Cc2c[nH]c3ccccc23)C1. The highest BCUT2D eigenvalue weighted by molar-refractivity contribution is 7.91. The molecule has 0 radical (unpaired) electrons. The molecule has 0 amide bonds. The number of para-hydroxylation sites is 1. The zero-order valence-electron chi connectivity index (χ0n) is 11.0. The fourth-order valence-electron chi connectivity index (χ4n) is 2.79. The zero-order valence-corrected chi connectivity index (χ0v) is 11.8. The van der Waals surface area contributed by atoms with E-state index in [2.05, 4.69) is 22.0 Å². The van der Waals surface area contributed by atoms with Gasteiger partial charge in [0.25, 0.3) is 0 Å². The zero-order chi connectivity index (χ0) is 13.5. The van der Waals surface area contributed by atoms with Crippen LogP contribution < -0.4 is 0 Å². The molecule has 1 aliphatic rings. The van der Waals surface area contributed by atoms with Gasteiger partial charge in [0.05, 0.1) is 5.25 Å². The van der Waals surface area contributed by atoms with Crippen LogP contribution in [-0.2, 0) is 16.4 Å². The lowest BCUT2D eigenvalue weighted by molar-refractivity contribution is 0.332. The maximum absolute atomic E-state index is 11.6. The minimum Gasteiger partial charge on any atom is -0.361 e. The normalized spacial score (nSPS) is 21.2. The Morgan fingerprint density at radius 2 is 2.16 bits per heavy atom. The number of H-pyrrole nitrogens is 1. The van der Waals surface area contributed by atoms with Crippen LogP contribution >= 0.6 is 0 Å². The van der Waals surface area contributed by atoms with E-state index in [0.717, 1.165) is 25.0 Å². The fraction of sp³-hybridized carbons (Fsp3) is 0.429. The van der Waals surface area contributed by atoms with E-state index < -0.39 is 9.84 Å². The molecule has 1 aromatic heterocycles. The molecule has 0 aliphatic carbocycles. The first kappa shape index (κ1) is 12.7. The standard InChI is InChI=1S/C14H18N2O2S/c1-19(17,18)12-6-7-16(10-12)9-11-8-15-14-5-3-2-4-13(11)14/h2-5,8,12,15H,6-7,9-10H2,1H3. The topological polar surface area (TPSA) is 53.2 Å². The molecule has 0 spiro atoms. The second-order valence-corrected chi connectivity index (χ2v) is 7.66. The average Bonchev–Trinajstić information content (AvgIpc) is 2.97. The van der Waals surface area contributed by atoms with Crippen molar-refractivity contribution >= 4 is 20.7 Å². The number of nitrogens with zero attached hydrogens (tertiary/aromatic N) is 1. The molecule has 0 bridgehead atoms. The molecule has 1 atom stereocenters. The third kappa shape index (κ3) is 2.53. The Labute approximate surface area is 113 Å². The van der Waals surface area contributed by atoms with Gasteiger partial charge in [-0.05, 0) is 24.6 Å². The number of rotatable bonds is 3. The lowest BCUT2D eigenvalue weighted by Crippen LogP contribution is -2.25. The van der Waals surface area contributed by atoms with Gasteiger partial charge < -0.3 is 4.98 Å². The Balaban J connectivity index is 1.76. The van der Waals surface area contributed by atoms with Crippen molar-refractivity contribution in [1.82, 2.24) is 9.88 Å². The van der Waals surface area contributed by atoms with Gasteiger partial charge in [0.2, 0.25) is 0 Å². The van der Waals surface area contributed by atoms with Crippen LogP contribution in [0, 0.1) is 0 Å². The molecular weight excluding hydrogens is 260 g/mol. The van der Waals surface area contributed by atoms with E-state index in [9.17, 15) is 8.42 Å². The van der Waals surface area contributed by atoms with Crippen LogP contribution in [0.25, 0.3) is 10.9 Å². The third-order valence-corrected chi connectivity index (χ3v) is 5.50. The van der Waals surface area contributed by atoms with Crippen molar-refractivity contribution in [1.29, 1.82) is 0 Å². The van der Waals surface area contributed by atoms with Crippen molar-refractivity contribution < 1.29 is 8.42 Å². The Kier molecular flexibility index (Phi) is 3.11. The number of aromatic nitrogens is 1. The number of nitrogens with one attached hydrogen (secondary N) is 1. The minimum atomic E-state index is -2.91. The maximum atomic E-state index is 11.6. The summed E-state index contributed by atoms with van der Waals surface area (Å²) in [5.74, 6) is 0. The molecule has 19 heavy (non-hydrogen) atoms. The summed E-state index contributed by atoms with van der Waals surface area (Å²) >= 11 is 0. The first-order valence-electron chi connectivity index (χ1n) is 6.50. The predicted octanol–water partition coefficient (Wildman–Crippen LogP) is 1.79. The first-order valence-corrected chi connectivity index (χ1v) is 8.46. The second kappa shape index (κ2) is 4.65. The van der Waals surface area contributed by atoms with Gasteiger partial charge in [0, 0.05) is 36.4 Å². The summed E-state index contributed by atoms with van der Waals surface area (Å²) in [6, 6.07) is 8.20. The van der Waals surface area contributed by atoms with Crippen molar-refractivity contribution in [3.63, 3.8) is 0 Å². The maximum Gasteiger partial charge on any atom is 0.151 e. The monoisotopic (exact) mass is 278 g/mol. The van der Waals surface area contributed by atoms with Crippen LogP contribution in [0.15, 0.2) is 30.5 Å². The van der Waals surface area contributed by atoms with Crippen LogP contribution in [0.2, 0.25) is 0 Å². The van der Waals surface area contributed by atoms with Crippen LogP contribution in [0.1, 0.15) is 12.0 Å². The second-order valence-electron chi connectivity index (χ2n) is 5.33. The fourth-order valence-corrected chi connectivity index (χ4v) is 3.81. The summed E-state index contributed by atoms with van der Waals surface area (Å²) in [5, 5.41) is 1.03. The smallest absolute Gasteiger partial charge is 0.151 e. The number of aromatic amines is 1. The molecule has 4 nitrogen and oxygen atoms in total. The van der Waals surface area contributed by atoms with Gasteiger partial charge in [-0.15, -0.1) is 0 Å². The summed E-state index contributed by atoms with van der Waals surface area (Å²) in [5.41, 5.74) is 2.38. The molecule has 1 fully saturated rings. The largest absolute Gasteiger partial charge is 0.361 e. The Hall–Kier alpha value is -1.33. The molecule has 2 heterocycles. The van der Waals surface area contributed by atoms with Crippen molar-refractivity contribution in [2.45, 2.75) is 18.2 Å². The van der Waals surface area contributed by atoms with Crippen molar-refractivity contribution in [3.8, 4) is 0 Å². The highest BCUT2D eigenvalue weighted by atomic mass is 32.2. The van der Waals surface area contributed by atoms with E-state index in [0.29, 0.717) is 6.54 Å². The minimum absolute atomic E-state index is 0.197. The lowest BCUT2D eigenvalue weighted by atomic mass is 10.2.